The largest absolute Gasteiger partial charge is 0.364 e. The zero-order valence-electron chi connectivity index (χ0n) is 11.0. The summed E-state index contributed by atoms with van der Waals surface area (Å²) in [4.78, 5) is 4.70. The van der Waals surface area contributed by atoms with Gasteiger partial charge in [-0.3, -0.25) is 0 Å². The quantitative estimate of drug-likeness (QED) is 0.896. The highest BCUT2D eigenvalue weighted by Gasteiger charge is 2.13. The van der Waals surface area contributed by atoms with Gasteiger partial charge in [-0.05, 0) is 55.5 Å². The Kier molecular flexibility index (Phi) is 3.43. The third-order valence-corrected chi connectivity index (χ3v) is 3.88. The highest BCUT2D eigenvalue weighted by Crippen LogP contribution is 2.24. The van der Waals surface area contributed by atoms with Crippen molar-refractivity contribution in [2.24, 2.45) is 0 Å². The number of halogens is 1. The lowest BCUT2D eigenvalue weighted by Gasteiger charge is -2.16. The summed E-state index contributed by atoms with van der Waals surface area (Å²) >= 11 is 6.03. The molecule has 2 aromatic rings. The van der Waals surface area contributed by atoms with E-state index in [2.05, 4.69) is 30.4 Å². The number of nitrogens with zero attached hydrogens (tertiary/aromatic N) is 1. The summed E-state index contributed by atoms with van der Waals surface area (Å²) in [5.41, 5.74) is 3.83. The first-order valence-corrected chi connectivity index (χ1v) is 7.11. The third-order valence-electron chi connectivity index (χ3n) is 3.64. The number of rotatable bonds is 3. The van der Waals surface area contributed by atoms with Gasteiger partial charge in [-0.1, -0.05) is 29.8 Å². The van der Waals surface area contributed by atoms with Crippen LogP contribution in [0.2, 0.25) is 5.02 Å². The molecule has 0 spiro atoms. The number of pyridine rings is 1. The normalized spacial score (nSPS) is 15.1. The van der Waals surface area contributed by atoms with Crippen molar-refractivity contribution in [2.45, 2.75) is 32.2 Å². The van der Waals surface area contributed by atoms with E-state index in [4.69, 9.17) is 16.6 Å². The lowest BCUT2D eigenvalue weighted by molar-refractivity contribution is 0.866. The van der Waals surface area contributed by atoms with Gasteiger partial charge in [-0.2, -0.15) is 0 Å². The molecule has 0 saturated carbocycles. The van der Waals surface area contributed by atoms with E-state index in [1.165, 1.54) is 29.7 Å². The van der Waals surface area contributed by atoms with E-state index in [0.29, 0.717) is 0 Å². The molecular formula is C16H17ClN2. The number of aryl methyl sites for hydroxylation is 2. The average molecular weight is 273 g/mol. The second kappa shape index (κ2) is 5.22. The summed E-state index contributed by atoms with van der Waals surface area (Å²) in [6.07, 6.45) is 3.51. The Morgan fingerprint density at radius 1 is 1.21 bits per heavy atom. The molecule has 0 radical (unpaired) electrons. The number of nitrogens with one attached hydrogen (secondary N) is 1. The molecule has 1 aromatic heterocycles. The number of benzene rings is 1. The molecule has 1 N–H and O–H groups in total. The summed E-state index contributed by atoms with van der Waals surface area (Å²) in [6, 6.07) is 12.4. The van der Waals surface area contributed by atoms with Crippen LogP contribution < -0.4 is 5.32 Å². The van der Waals surface area contributed by atoms with Gasteiger partial charge in [0.15, 0.2) is 0 Å². The predicted octanol–water partition coefficient (Wildman–Crippen LogP) is 4.40. The molecule has 3 heteroatoms. The van der Waals surface area contributed by atoms with Crippen LogP contribution in [0.3, 0.4) is 0 Å². The van der Waals surface area contributed by atoms with Crippen LogP contribution in [0.1, 0.15) is 36.2 Å². The first-order valence-electron chi connectivity index (χ1n) is 6.73. The van der Waals surface area contributed by atoms with E-state index in [1.54, 1.807) is 0 Å². The zero-order chi connectivity index (χ0) is 13.2. The molecule has 1 atom stereocenters. The smallest absolute Gasteiger partial charge is 0.126 e. The van der Waals surface area contributed by atoms with Gasteiger partial charge < -0.3 is 5.32 Å². The molecule has 1 aliphatic rings. The Morgan fingerprint density at radius 2 is 2.11 bits per heavy atom. The van der Waals surface area contributed by atoms with Crippen LogP contribution in [0, 0.1) is 0 Å². The third kappa shape index (κ3) is 2.74. The molecule has 1 aliphatic carbocycles. The van der Waals surface area contributed by atoms with Gasteiger partial charge in [0.05, 0.1) is 0 Å². The van der Waals surface area contributed by atoms with Gasteiger partial charge in [0.1, 0.15) is 5.82 Å². The molecule has 1 unspecified atom stereocenters. The van der Waals surface area contributed by atoms with Gasteiger partial charge in [0.25, 0.3) is 0 Å². The Bertz CT molecular complexity index is 595. The van der Waals surface area contributed by atoms with Crippen LogP contribution in [0.25, 0.3) is 0 Å². The van der Waals surface area contributed by atoms with Crippen molar-refractivity contribution in [3.63, 3.8) is 0 Å². The monoisotopic (exact) mass is 272 g/mol. The average Bonchev–Trinajstić information content (AvgIpc) is 2.86. The van der Waals surface area contributed by atoms with Crippen molar-refractivity contribution in [1.82, 2.24) is 4.98 Å². The lowest BCUT2D eigenvalue weighted by atomic mass is 10.1. The first kappa shape index (κ1) is 12.5. The van der Waals surface area contributed by atoms with E-state index in [-0.39, 0.29) is 6.04 Å². The minimum Gasteiger partial charge on any atom is -0.364 e. The second-order valence-corrected chi connectivity index (χ2v) is 5.51. The van der Waals surface area contributed by atoms with Crippen LogP contribution in [0.5, 0.6) is 0 Å². The van der Waals surface area contributed by atoms with E-state index < -0.39 is 0 Å². The molecule has 19 heavy (non-hydrogen) atoms. The van der Waals surface area contributed by atoms with E-state index >= 15 is 0 Å². The predicted molar refractivity (Wildman–Crippen MR) is 79.8 cm³/mol. The molecule has 0 saturated heterocycles. The van der Waals surface area contributed by atoms with Gasteiger partial charge in [0.2, 0.25) is 0 Å². The maximum Gasteiger partial charge on any atom is 0.126 e. The lowest BCUT2D eigenvalue weighted by Crippen LogP contribution is -2.08. The Hall–Kier alpha value is -1.54. The van der Waals surface area contributed by atoms with Crippen LogP contribution in [0.15, 0.2) is 36.4 Å². The van der Waals surface area contributed by atoms with Crippen LogP contribution in [0.4, 0.5) is 5.82 Å². The fourth-order valence-corrected chi connectivity index (χ4v) is 2.78. The van der Waals surface area contributed by atoms with Crippen molar-refractivity contribution in [3.8, 4) is 0 Å². The summed E-state index contributed by atoms with van der Waals surface area (Å²) < 4.78 is 0. The van der Waals surface area contributed by atoms with Crippen LogP contribution >= 0.6 is 11.6 Å². The second-order valence-electron chi connectivity index (χ2n) is 5.08. The summed E-state index contributed by atoms with van der Waals surface area (Å²) in [5.74, 6) is 0.952. The topological polar surface area (TPSA) is 24.9 Å². The molecule has 0 fully saturated rings. The minimum atomic E-state index is 0.200. The molecule has 0 bridgehead atoms. The van der Waals surface area contributed by atoms with Gasteiger partial charge in [0, 0.05) is 16.8 Å². The van der Waals surface area contributed by atoms with Crippen molar-refractivity contribution in [1.29, 1.82) is 0 Å². The molecule has 1 aromatic carbocycles. The van der Waals surface area contributed by atoms with Crippen molar-refractivity contribution in [3.05, 3.63) is 58.2 Å². The van der Waals surface area contributed by atoms with E-state index in [9.17, 15) is 0 Å². The fourth-order valence-electron chi connectivity index (χ4n) is 2.58. The number of anilines is 1. The maximum atomic E-state index is 6.03. The van der Waals surface area contributed by atoms with Crippen molar-refractivity contribution >= 4 is 17.4 Å². The first-order chi connectivity index (χ1) is 9.22. The fraction of sp³-hybridized carbons (Fsp3) is 0.312. The molecule has 0 aliphatic heterocycles. The molecule has 0 amide bonds. The highest BCUT2D eigenvalue weighted by molar-refractivity contribution is 6.30. The SMILES string of the molecule is CC(Nc1ccc2c(n1)CCC2)c1cccc(Cl)c1. The number of fused-ring (bicyclic) bond motifs is 1. The number of hydrogen-bond donors (Lipinski definition) is 1. The Labute approximate surface area is 118 Å². The number of hydrogen-bond acceptors (Lipinski definition) is 2. The standard InChI is InChI=1S/C16H17ClN2/c1-11(13-5-2-6-14(17)10-13)18-16-9-8-12-4-3-7-15(12)19-16/h2,5-6,8-11H,3-4,7H2,1H3,(H,18,19). The van der Waals surface area contributed by atoms with Crippen molar-refractivity contribution in [2.75, 3.05) is 5.32 Å². The van der Waals surface area contributed by atoms with E-state index in [0.717, 1.165) is 17.3 Å². The van der Waals surface area contributed by atoms with E-state index in [1.807, 2.05) is 18.2 Å². The zero-order valence-corrected chi connectivity index (χ0v) is 11.7. The summed E-state index contributed by atoms with van der Waals surface area (Å²) in [6.45, 7) is 2.13. The van der Waals surface area contributed by atoms with Gasteiger partial charge in [-0.15, -0.1) is 0 Å². The number of aromatic nitrogens is 1. The summed E-state index contributed by atoms with van der Waals surface area (Å²) in [7, 11) is 0. The van der Waals surface area contributed by atoms with Gasteiger partial charge in [-0.25, -0.2) is 4.98 Å². The molecule has 1 heterocycles. The van der Waals surface area contributed by atoms with Gasteiger partial charge >= 0.3 is 0 Å². The Balaban J connectivity index is 1.77. The van der Waals surface area contributed by atoms with Crippen LogP contribution in [-0.2, 0) is 12.8 Å². The molecular weight excluding hydrogens is 256 g/mol. The minimum absolute atomic E-state index is 0.200. The highest BCUT2D eigenvalue weighted by atomic mass is 35.5. The summed E-state index contributed by atoms with van der Waals surface area (Å²) in [5, 5.41) is 4.22. The molecule has 3 rings (SSSR count). The maximum absolute atomic E-state index is 6.03. The Morgan fingerprint density at radius 3 is 2.95 bits per heavy atom. The molecule has 98 valence electrons. The van der Waals surface area contributed by atoms with Crippen molar-refractivity contribution < 1.29 is 0 Å². The molecule has 2 nitrogen and oxygen atoms in total. The van der Waals surface area contributed by atoms with Crippen LogP contribution in [-0.4, -0.2) is 4.98 Å².